The lowest BCUT2D eigenvalue weighted by molar-refractivity contribution is -0.126. The highest BCUT2D eigenvalue weighted by molar-refractivity contribution is 5.79. The Kier molecular flexibility index (Phi) is 11.1. The molecule has 0 bridgehead atoms. The van der Waals surface area contributed by atoms with Gasteiger partial charge in [-0.3, -0.25) is 15.0 Å². The summed E-state index contributed by atoms with van der Waals surface area (Å²) in [7, 11) is 1.67. The third-order valence-electron chi connectivity index (χ3n) is 6.41. The number of ether oxygens (including phenoxy) is 1. The summed E-state index contributed by atoms with van der Waals surface area (Å²) in [4.78, 5) is 36.2. The zero-order valence-corrected chi connectivity index (χ0v) is 19.2. The molecule has 0 aromatic carbocycles. The van der Waals surface area contributed by atoms with Crippen molar-refractivity contribution in [3.63, 3.8) is 0 Å². The Balaban J connectivity index is 1.58. The summed E-state index contributed by atoms with van der Waals surface area (Å²) in [5.74, 6) is 0.647. The average molecular weight is 439 g/mol. The third-order valence-corrected chi connectivity index (χ3v) is 6.41. The van der Waals surface area contributed by atoms with Crippen LogP contribution in [-0.4, -0.2) is 50.2 Å². The molecule has 0 aromatic rings. The highest BCUT2D eigenvalue weighted by Crippen LogP contribution is 2.29. The molecule has 2 aliphatic carbocycles. The number of amides is 4. The van der Waals surface area contributed by atoms with Gasteiger partial charge in [-0.2, -0.15) is 0 Å². The molecule has 1 radical (unpaired) electrons. The van der Waals surface area contributed by atoms with E-state index in [1.807, 2.05) is 13.8 Å². The SMILES string of the molecule is CCO[C@H]1CC[C@H](C(=O)N[C@H]([CH]NNC(=O)NCC2CCC(C(=O)NC)CC2)CC)C1. The van der Waals surface area contributed by atoms with Crippen molar-refractivity contribution >= 4 is 17.8 Å². The van der Waals surface area contributed by atoms with E-state index < -0.39 is 0 Å². The van der Waals surface area contributed by atoms with Gasteiger partial charge in [0.2, 0.25) is 11.8 Å². The molecule has 3 atom stereocenters. The van der Waals surface area contributed by atoms with E-state index >= 15 is 0 Å². The quantitative estimate of drug-likeness (QED) is 0.314. The van der Waals surface area contributed by atoms with Gasteiger partial charge < -0.3 is 20.7 Å². The fraction of sp³-hybridized carbons (Fsp3) is 0.818. The van der Waals surface area contributed by atoms with Crippen molar-refractivity contribution in [1.82, 2.24) is 26.8 Å². The Hall–Kier alpha value is -1.87. The molecular weight excluding hydrogens is 398 g/mol. The molecule has 0 heterocycles. The number of carbonyl (C=O) groups is 3. The summed E-state index contributed by atoms with van der Waals surface area (Å²) in [5, 5.41) is 8.61. The number of nitrogens with one attached hydrogen (secondary N) is 5. The lowest BCUT2D eigenvalue weighted by Gasteiger charge is -2.27. The van der Waals surface area contributed by atoms with E-state index in [9.17, 15) is 14.4 Å². The van der Waals surface area contributed by atoms with Gasteiger partial charge in [0.05, 0.1) is 12.6 Å². The van der Waals surface area contributed by atoms with Crippen molar-refractivity contribution in [3.05, 3.63) is 6.54 Å². The molecular formula is C22H40N5O4. The highest BCUT2D eigenvalue weighted by Gasteiger charge is 2.31. The molecule has 5 N–H and O–H groups in total. The summed E-state index contributed by atoms with van der Waals surface area (Å²) in [6.07, 6.45) is 7.07. The average Bonchev–Trinajstić information content (AvgIpc) is 3.25. The van der Waals surface area contributed by atoms with E-state index in [-0.39, 0.29) is 41.8 Å². The fourth-order valence-electron chi connectivity index (χ4n) is 4.45. The number of hydrazine groups is 1. The largest absolute Gasteiger partial charge is 0.378 e. The number of carbonyl (C=O) groups excluding carboxylic acids is 3. The smallest absolute Gasteiger partial charge is 0.329 e. The Morgan fingerprint density at radius 3 is 2.35 bits per heavy atom. The second kappa shape index (κ2) is 13.5. The second-order valence-electron chi connectivity index (χ2n) is 8.59. The molecule has 2 rings (SSSR count). The van der Waals surface area contributed by atoms with E-state index in [0.29, 0.717) is 19.1 Å². The van der Waals surface area contributed by atoms with Gasteiger partial charge in [-0.05, 0) is 64.2 Å². The predicted octanol–water partition coefficient (Wildman–Crippen LogP) is 1.60. The Morgan fingerprint density at radius 2 is 1.71 bits per heavy atom. The minimum atomic E-state index is -0.304. The zero-order chi connectivity index (χ0) is 22.6. The van der Waals surface area contributed by atoms with Crippen LogP contribution in [0, 0.1) is 24.3 Å². The maximum Gasteiger partial charge on any atom is 0.329 e. The van der Waals surface area contributed by atoms with Crippen LogP contribution < -0.4 is 26.8 Å². The first kappa shape index (κ1) is 25.4. The van der Waals surface area contributed by atoms with Gasteiger partial charge in [0, 0.05) is 38.1 Å². The van der Waals surface area contributed by atoms with Crippen molar-refractivity contribution in [2.24, 2.45) is 17.8 Å². The van der Waals surface area contributed by atoms with Crippen LogP contribution in [0.1, 0.15) is 65.2 Å². The second-order valence-corrected chi connectivity index (χ2v) is 8.59. The molecule has 2 aliphatic rings. The van der Waals surface area contributed by atoms with Crippen molar-refractivity contribution < 1.29 is 19.1 Å². The number of urea groups is 1. The van der Waals surface area contributed by atoms with Crippen molar-refractivity contribution in [2.75, 3.05) is 20.2 Å². The topological polar surface area (TPSA) is 121 Å². The van der Waals surface area contributed by atoms with Gasteiger partial charge in [0.15, 0.2) is 0 Å². The number of hydrogen-bond acceptors (Lipinski definition) is 5. The first-order valence-electron chi connectivity index (χ1n) is 11.7. The van der Waals surface area contributed by atoms with Crippen molar-refractivity contribution in [1.29, 1.82) is 0 Å². The third kappa shape index (κ3) is 8.65. The molecule has 177 valence electrons. The Labute approximate surface area is 186 Å². The predicted molar refractivity (Wildman–Crippen MR) is 118 cm³/mol. The number of hydrogen-bond donors (Lipinski definition) is 5. The Bertz CT molecular complexity index is 580. The summed E-state index contributed by atoms with van der Waals surface area (Å²) < 4.78 is 5.62. The van der Waals surface area contributed by atoms with Crippen molar-refractivity contribution in [3.8, 4) is 0 Å². The molecule has 31 heavy (non-hydrogen) atoms. The van der Waals surface area contributed by atoms with Gasteiger partial charge in [0.1, 0.15) is 0 Å². The molecule has 2 saturated carbocycles. The molecule has 0 aliphatic heterocycles. The first-order valence-corrected chi connectivity index (χ1v) is 11.7. The van der Waals surface area contributed by atoms with Crippen LogP contribution in [0.25, 0.3) is 0 Å². The summed E-state index contributed by atoms with van der Waals surface area (Å²) >= 11 is 0. The monoisotopic (exact) mass is 438 g/mol. The lowest BCUT2D eigenvalue weighted by atomic mass is 9.81. The lowest BCUT2D eigenvalue weighted by Crippen LogP contribution is -2.49. The van der Waals surface area contributed by atoms with Gasteiger partial charge in [-0.15, -0.1) is 0 Å². The van der Waals surface area contributed by atoms with Gasteiger partial charge in [-0.1, -0.05) is 6.92 Å². The maximum absolute atomic E-state index is 12.5. The number of rotatable bonds is 11. The zero-order valence-electron chi connectivity index (χ0n) is 19.2. The van der Waals surface area contributed by atoms with Crippen LogP contribution >= 0.6 is 0 Å². The Morgan fingerprint density at radius 1 is 1.00 bits per heavy atom. The van der Waals surface area contributed by atoms with Crippen LogP contribution in [0.15, 0.2) is 0 Å². The molecule has 0 saturated heterocycles. The summed E-state index contributed by atoms with van der Waals surface area (Å²) in [5.41, 5.74) is 5.40. The van der Waals surface area contributed by atoms with Crippen LogP contribution in [0.5, 0.6) is 0 Å². The summed E-state index contributed by atoms with van der Waals surface area (Å²) in [6.45, 7) is 6.92. The minimum absolute atomic E-state index is 0.00579. The minimum Gasteiger partial charge on any atom is -0.378 e. The molecule has 0 spiro atoms. The van der Waals surface area contributed by atoms with E-state index in [4.69, 9.17) is 4.74 Å². The van der Waals surface area contributed by atoms with E-state index in [0.717, 1.165) is 51.4 Å². The molecule has 9 heteroatoms. The molecule has 9 nitrogen and oxygen atoms in total. The summed E-state index contributed by atoms with van der Waals surface area (Å²) in [6, 6.07) is -0.472. The standard InChI is InChI=1S/C22H40N5O4/c1-4-18(26-21(29)17-10-11-19(12-17)31-5-2)14-25-27-22(30)24-13-15-6-8-16(9-7-15)20(28)23-3/h14-19,25H,4-13H2,1-3H3,(H,23,28)(H,26,29)(H2,24,27,30)/t15?,16?,17-,18-,19-/m0/s1. The maximum atomic E-state index is 12.5. The van der Waals surface area contributed by atoms with Crippen LogP contribution in [0.4, 0.5) is 4.79 Å². The fourth-order valence-corrected chi connectivity index (χ4v) is 4.45. The molecule has 2 fully saturated rings. The van der Waals surface area contributed by atoms with Crippen LogP contribution in [-0.2, 0) is 14.3 Å². The first-order chi connectivity index (χ1) is 15.0. The molecule has 0 aromatic heterocycles. The highest BCUT2D eigenvalue weighted by atomic mass is 16.5. The van der Waals surface area contributed by atoms with Gasteiger partial charge in [0.25, 0.3) is 0 Å². The van der Waals surface area contributed by atoms with Gasteiger partial charge in [-0.25, -0.2) is 10.2 Å². The van der Waals surface area contributed by atoms with E-state index in [2.05, 4.69) is 26.8 Å². The van der Waals surface area contributed by atoms with Crippen LogP contribution in [0.2, 0.25) is 0 Å². The van der Waals surface area contributed by atoms with Crippen LogP contribution in [0.3, 0.4) is 0 Å². The van der Waals surface area contributed by atoms with Crippen molar-refractivity contribution in [2.45, 2.75) is 77.4 Å². The molecule has 0 unspecified atom stereocenters. The molecule has 4 amide bonds. The van der Waals surface area contributed by atoms with E-state index in [1.54, 1.807) is 13.6 Å². The van der Waals surface area contributed by atoms with Gasteiger partial charge >= 0.3 is 6.03 Å². The van der Waals surface area contributed by atoms with E-state index in [1.165, 1.54) is 0 Å². The normalized spacial score (nSPS) is 26.7.